The van der Waals surface area contributed by atoms with Crippen molar-refractivity contribution >= 4 is 22.9 Å². The minimum absolute atomic E-state index is 0.216. The largest absolute Gasteiger partial charge is 0.368 e. The van der Waals surface area contributed by atoms with Crippen LogP contribution < -0.4 is 11.1 Å². The average Bonchev–Trinajstić information content (AvgIpc) is 3.24. The van der Waals surface area contributed by atoms with Gasteiger partial charge in [-0.3, -0.25) is 4.79 Å². The van der Waals surface area contributed by atoms with Crippen LogP contribution in [0.1, 0.15) is 50.5 Å². The number of nitriles is 1. The molecule has 1 amide bonds. The number of rotatable bonds is 3. The lowest BCUT2D eigenvalue weighted by Gasteiger charge is -2.25. The zero-order valence-corrected chi connectivity index (χ0v) is 20.3. The molecule has 0 aliphatic heterocycles. The first kappa shape index (κ1) is 24.4. The van der Waals surface area contributed by atoms with Gasteiger partial charge in [-0.25, -0.2) is 15.0 Å². The van der Waals surface area contributed by atoms with E-state index < -0.39 is 0 Å². The molecule has 0 radical (unpaired) electrons. The van der Waals surface area contributed by atoms with E-state index in [0.717, 1.165) is 22.2 Å². The highest BCUT2D eigenvalue weighted by Gasteiger charge is 2.25. The number of hydrogen-bond acceptors (Lipinski definition) is 6. The highest BCUT2D eigenvalue weighted by molar-refractivity contribution is 6.01. The quantitative estimate of drug-likeness (QED) is 0.459. The zero-order valence-electron chi connectivity index (χ0n) is 20.3. The second-order valence-electron chi connectivity index (χ2n) is 8.43. The van der Waals surface area contributed by atoms with E-state index in [0.29, 0.717) is 22.5 Å². The van der Waals surface area contributed by atoms with Gasteiger partial charge in [0.2, 0.25) is 5.95 Å². The second kappa shape index (κ2) is 9.71. The van der Waals surface area contributed by atoms with E-state index in [9.17, 15) is 10.1 Å². The molecule has 174 valence electrons. The number of nitrogens with one attached hydrogen (secondary N) is 1. The van der Waals surface area contributed by atoms with Crippen LogP contribution in [0.15, 0.2) is 48.8 Å². The lowest BCUT2D eigenvalue weighted by molar-refractivity contribution is 0.0963. The minimum Gasteiger partial charge on any atom is -0.368 e. The molecule has 34 heavy (non-hydrogen) atoms. The number of nitrogens with zero attached hydrogens (tertiary/aromatic N) is 5. The summed E-state index contributed by atoms with van der Waals surface area (Å²) in [6, 6.07) is 13.1. The predicted molar refractivity (Wildman–Crippen MR) is 135 cm³/mol. The molecule has 0 saturated heterocycles. The van der Waals surface area contributed by atoms with Crippen LogP contribution in [0.5, 0.6) is 0 Å². The van der Waals surface area contributed by atoms with Gasteiger partial charge in [0.1, 0.15) is 5.82 Å². The lowest BCUT2D eigenvalue weighted by Crippen LogP contribution is -2.24. The molecular weight excluding hydrogens is 426 g/mol. The number of fused-ring (bicyclic) bond motifs is 1. The van der Waals surface area contributed by atoms with Crippen molar-refractivity contribution in [3.8, 4) is 28.6 Å². The van der Waals surface area contributed by atoms with Crippen molar-refractivity contribution in [3.63, 3.8) is 0 Å². The highest BCUT2D eigenvalue weighted by Crippen LogP contribution is 2.35. The Kier molecular flexibility index (Phi) is 6.97. The first-order valence-corrected chi connectivity index (χ1v) is 11.1. The number of hydrogen-bond donors (Lipinski definition) is 2. The van der Waals surface area contributed by atoms with E-state index in [1.807, 2.05) is 32.0 Å². The van der Waals surface area contributed by atoms with Crippen LogP contribution in [0.3, 0.4) is 0 Å². The van der Waals surface area contributed by atoms with Gasteiger partial charge in [-0.15, -0.1) is 0 Å². The summed E-state index contributed by atoms with van der Waals surface area (Å²) < 4.78 is 2.09. The Balaban J connectivity index is 0.00000158. The van der Waals surface area contributed by atoms with Gasteiger partial charge in [-0.2, -0.15) is 5.26 Å². The molecule has 8 nitrogen and oxygen atoms in total. The summed E-state index contributed by atoms with van der Waals surface area (Å²) in [7, 11) is 1.58. The van der Waals surface area contributed by atoms with E-state index in [4.69, 9.17) is 10.7 Å². The molecule has 0 atom stereocenters. The first-order chi connectivity index (χ1) is 16.2. The van der Waals surface area contributed by atoms with E-state index in [2.05, 4.69) is 46.7 Å². The molecule has 0 saturated carbocycles. The van der Waals surface area contributed by atoms with E-state index in [1.54, 1.807) is 37.6 Å². The van der Waals surface area contributed by atoms with E-state index >= 15 is 0 Å². The van der Waals surface area contributed by atoms with Gasteiger partial charge in [0.15, 0.2) is 0 Å². The molecule has 4 rings (SSSR count). The summed E-state index contributed by atoms with van der Waals surface area (Å²) in [4.78, 5) is 25.7. The van der Waals surface area contributed by atoms with Crippen molar-refractivity contribution in [1.29, 1.82) is 5.26 Å². The standard InChI is InChI=1S/C24H23N7O.C2H6/c1-24(2,3)31-20-8-6-15(16-12-28-23(26)29-13-16)10-19(20)30-21(31)18-9-14(11-25)5-7-17(18)22(32)27-4;1-2/h5-10,12-13H,1-4H3,(H,27,32)(H2,26,28,29);1-2H3. The van der Waals surface area contributed by atoms with Crippen LogP contribution >= 0.6 is 0 Å². The van der Waals surface area contributed by atoms with Crippen molar-refractivity contribution in [3.05, 3.63) is 59.9 Å². The van der Waals surface area contributed by atoms with Gasteiger partial charge in [0.05, 0.1) is 28.2 Å². The number of imidazole rings is 1. The van der Waals surface area contributed by atoms with Crippen LogP contribution in [-0.4, -0.2) is 32.5 Å². The topological polar surface area (TPSA) is 123 Å². The summed E-state index contributed by atoms with van der Waals surface area (Å²) >= 11 is 0. The van der Waals surface area contributed by atoms with E-state index in [1.165, 1.54) is 0 Å². The minimum atomic E-state index is -0.335. The third-order valence-electron chi connectivity index (χ3n) is 5.19. The Morgan fingerprint density at radius 2 is 1.74 bits per heavy atom. The Morgan fingerprint density at radius 1 is 1.06 bits per heavy atom. The fourth-order valence-corrected chi connectivity index (χ4v) is 3.74. The van der Waals surface area contributed by atoms with Crippen LogP contribution in [-0.2, 0) is 5.54 Å². The molecule has 2 aromatic heterocycles. The fourth-order valence-electron chi connectivity index (χ4n) is 3.74. The van der Waals surface area contributed by atoms with Gasteiger partial charge in [0, 0.05) is 36.1 Å². The summed E-state index contributed by atoms with van der Waals surface area (Å²) in [6.07, 6.45) is 3.34. The van der Waals surface area contributed by atoms with Crippen molar-refractivity contribution in [2.24, 2.45) is 0 Å². The molecule has 0 bridgehead atoms. The lowest BCUT2D eigenvalue weighted by atomic mass is 10.0. The highest BCUT2D eigenvalue weighted by atomic mass is 16.1. The van der Waals surface area contributed by atoms with Gasteiger partial charge in [-0.1, -0.05) is 19.9 Å². The van der Waals surface area contributed by atoms with Gasteiger partial charge < -0.3 is 15.6 Å². The smallest absolute Gasteiger partial charge is 0.251 e. The zero-order chi connectivity index (χ0) is 25.0. The maximum Gasteiger partial charge on any atom is 0.251 e. The molecule has 3 N–H and O–H groups in total. The number of nitrogens with two attached hydrogens (primary N) is 1. The average molecular weight is 456 g/mol. The van der Waals surface area contributed by atoms with Crippen LogP contribution in [0, 0.1) is 11.3 Å². The third-order valence-corrected chi connectivity index (χ3v) is 5.19. The van der Waals surface area contributed by atoms with Crippen LogP contribution in [0.25, 0.3) is 33.5 Å². The maximum atomic E-state index is 12.6. The number of aromatic nitrogens is 4. The molecule has 8 heteroatoms. The summed E-state index contributed by atoms with van der Waals surface area (Å²) in [5, 5.41) is 12.1. The second-order valence-corrected chi connectivity index (χ2v) is 8.43. The number of carbonyl (C=O) groups excluding carboxylic acids is 1. The van der Waals surface area contributed by atoms with Gasteiger partial charge in [-0.05, 0) is 56.7 Å². The summed E-state index contributed by atoms with van der Waals surface area (Å²) in [5.41, 5.74) is 10.2. The summed E-state index contributed by atoms with van der Waals surface area (Å²) in [5.74, 6) is 0.596. The molecule has 4 aromatic rings. The van der Waals surface area contributed by atoms with Crippen LogP contribution in [0.4, 0.5) is 5.95 Å². The number of carbonyl (C=O) groups is 1. The molecule has 0 fully saturated rings. The normalized spacial score (nSPS) is 10.9. The Bertz CT molecular complexity index is 1370. The monoisotopic (exact) mass is 455 g/mol. The number of benzene rings is 2. The molecule has 0 spiro atoms. The molecule has 2 aromatic carbocycles. The number of anilines is 1. The molecular formula is C26H29N7O. The van der Waals surface area contributed by atoms with Crippen molar-refractivity contribution in [1.82, 2.24) is 24.8 Å². The third kappa shape index (κ3) is 4.59. The number of amides is 1. The Labute approximate surface area is 199 Å². The predicted octanol–water partition coefficient (Wildman–Crippen LogP) is 4.75. The number of nitrogen functional groups attached to an aromatic ring is 1. The molecule has 0 aliphatic carbocycles. The summed E-state index contributed by atoms with van der Waals surface area (Å²) in [6.45, 7) is 10.2. The molecule has 0 aliphatic rings. The van der Waals surface area contributed by atoms with E-state index in [-0.39, 0.29) is 17.4 Å². The first-order valence-electron chi connectivity index (χ1n) is 11.1. The Morgan fingerprint density at radius 3 is 2.32 bits per heavy atom. The SMILES string of the molecule is CC.CNC(=O)c1ccc(C#N)cc1-c1nc2cc(-c3cnc(N)nc3)ccc2n1C(C)(C)C. The van der Waals surface area contributed by atoms with Crippen molar-refractivity contribution < 1.29 is 4.79 Å². The molecule has 0 unspecified atom stereocenters. The van der Waals surface area contributed by atoms with Crippen molar-refractivity contribution in [2.75, 3.05) is 12.8 Å². The molecule has 2 heterocycles. The van der Waals surface area contributed by atoms with Gasteiger partial charge >= 0.3 is 0 Å². The van der Waals surface area contributed by atoms with Crippen molar-refractivity contribution in [2.45, 2.75) is 40.2 Å². The fraction of sp³-hybridized carbons (Fsp3) is 0.269. The van der Waals surface area contributed by atoms with Crippen LogP contribution in [0.2, 0.25) is 0 Å². The maximum absolute atomic E-state index is 12.6. The Hall–Kier alpha value is -4.25. The van der Waals surface area contributed by atoms with Gasteiger partial charge in [0.25, 0.3) is 5.91 Å².